The first-order valence-corrected chi connectivity index (χ1v) is 6.56. The van der Waals surface area contributed by atoms with Crippen LogP contribution in [0.2, 0.25) is 0 Å². The lowest BCUT2D eigenvalue weighted by molar-refractivity contribution is -0.315. The van der Waals surface area contributed by atoms with Crippen LogP contribution in [0.1, 0.15) is 56.8 Å². The molecule has 1 aromatic rings. The lowest BCUT2D eigenvalue weighted by Gasteiger charge is -2.26. The first-order valence-electron chi connectivity index (χ1n) is 6.56. The highest BCUT2D eigenvalue weighted by atomic mass is 17.2. The fourth-order valence-electron chi connectivity index (χ4n) is 2.03. The minimum Gasteiger partial charge on any atom is -0.292 e. The Morgan fingerprint density at radius 3 is 2.17 bits per heavy atom. The molecule has 0 atom stereocenters. The lowest BCUT2D eigenvalue weighted by Crippen LogP contribution is -2.29. The van der Waals surface area contributed by atoms with Crippen molar-refractivity contribution in [1.29, 1.82) is 0 Å². The summed E-state index contributed by atoms with van der Waals surface area (Å²) in [5.74, 6) is -0.436. The second kappa shape index (κ2) is 7.17. The third-order valence-electron chi connectivity index (χ3n) is 2.89. The Hall–Kier alpha value is -1.35. The van der Waals surface area contributed by atoms with Crippen LogP contribution in [0.15, 0.2) is 30.3 Å². The zero-order chi connectivity index (χ0) is 13.4. The summed E-state index contributed by atoms with van der Waals surface area (Å²) in [5, 5.41) is 0. The average Bonchev–Trinajstić information content (AvgIpc) is 2.38. The first kappa shape index (κ1) is 14.7. The summed E-state index contributed by atoms with van der Waals surface area (Å²) in [6, 6.07) is 8.88. The van der Waals surface area contributed by atoms with Crippen LogP contribution in [0.4, 0.5) is 0 Å². The largest absolute Gasteiger partial charge is 0.373 e. The highest BCUT2D eigenvalue weighted by Gasteiger charge is 2.26. The van der Waals surface area contributed by atoms with Gasteiger partial charge in [0.05, 0.1) is 5.56 Å². The fourth-order valence-corrected chi connectivity index (χ4v) is 2.03. The third kappa shape index (κ3) is 4.49. The van der Waals surface area contributed by atoms with Crippen molar-refractivity contribution in [3.05, 3.63) is 35.9 Å². The van der Waals surface area contributed by atoms with Crippen molar-refractivity contribution in [1.82, 2.24) is 0 Å². The van der Waals surface area contributed by atoms with Crippen molar-refractivity contribution in [2.45, 2.75) is 52.1 Å². The van der Waals surface area contributed by atoms with Gasteiger partial charge in [0.15, 0.2) is 0 Å². The van der Waals surface area contributed by atoms with Crippen molar-refractivity contribution in [2.24, 2.45) is 0 Å². The Balaban J connectivity index is 2.55. The highest BCUT2D eigenvalue weighted by molar-refractivity contribution is 5.88. The fraction of sp³-hybridized carbons (Fsp3) is 0.533. The van der Waals surface area contributed by atoms with E-state index in [-0.39, 0.29) is 5.60 Å². The molecule has 0 saturated heterocycles. The Morgan fingerprint density at radius 1 is 1.11 bits per heavy atom. The van der Waals surface area contributed by atoms with Gasteiger partial charge >= 0.3 is 5.97 Å². The third-order valence-corrected chi connectivity index (χ3v) is 2.89. The second-order valence-electron chi connectivity index (χ2n) is 4.77. The number of rotatable bonds is 7. The molecule has 0 spiro atoms. The van der Waals surface area contributed by atoms with Gasteiger partial charge in [0.2, 0.25) is 0 Å². The molecule has 0 unspecified atom stereocenters. The number of benzene rings is 1. The molecule has 1 rings (SSSR count). The topological polar surface area (TPSA) is 35.5 Å². The summed E-state index contributed by atoms with van der Waals surface area (Å²) >= 11 is 0. The molecule has 0 aliphatic heterocycles. The number of hydrogen-bond acceptors (Lipinski definition) is 3. The van der Waals surface area contributed by atoms with Crippen LogP contribution in [0.3, 0.4) is 0 Å². The Labute approximate surface area is 109 Å². The molecular formula is C15H22O3. The highest BCUT2D eigenvalue weighted by Crippen LogP contribution is 2.24. The van der Waals surface area contributed by atoms with Gasteiger partial charge in [-0.05, 0) is 31.9 Å². The Kier molecular flexibility index (Phi) is 5.86. The number of carbonyl (C=O) groups excluding carboxylic acids is 1. The quantitative estimate of drug-likeness (QED) is 0.539. The maximum absolute atomic E-state index is 11.8. The Bertz CT molecular complexity index is 353. The molecule has 0 saturated carbocycles. The van der Waals surface area contributed by atoms with Gasteiger partial charge in [-0.15, -0.1) is 0 Å². The molecule has 100 valence electrons. The molecule has 0 aromatic heterocycles. The van der Waals surface area contributed by atoms with Gasteiger partial charge in [0, 0.05) is 0 Å². The van der Waals surface area contributed by atoms with Crippen LogP contribution in [0.5, 0.6) is 0 Å². The van der Waals surface area contributed by atoms with Crippen LogP contribution in [-0.2, 0) is 9.78 Å². The molecule has 0 aliphatic rings. The van der Waals surface area contributed by atoms with E-state index in [0.717, 1.165) is 25.7 Å². The summed E-state index contributed by atoms with van der Waals surface area (Å²) in [6.45, 7) is 6.17. The summed E-state index contributed by atoms with van der Waals surface area (Å²) in [6.07, 6.45) is 3.75. The van der Waals surface area contributed by atoms with Crippen LogP contribution in [-0.4, -0.2) is 11.6 Å². The van der Waals surface area contributed by atoms with Crippen LogP contribution >= 0.6 is 0 Å². The maximum Gasteiger partial charge on any atom is 0.373 e. The molecule has 0 aliphatic carbocycles. The molecule has 1 aromatic carbocycles. The molecule has 3 nitrogen and oxygen atoms in total. The summed E-state index contributed by atoms with van der Waals surface area (Å²) in [5.41, 5.74) is 0.126. The molecule has 0 radical (unpaired) electrons. The average molecular weight is 250 g/mol. The molecule has 0 heterocycles. The van der Waals surface area contributed by atoms with Gasteiger partial charge in [-0.2, -0.15) is 4.89 Å². The van der Waals surface area contributed by atoms with Gasteiger partial charge in [0.1, 0.15) is 5.60 Å². The molecule has 0 N–H and O–H groups in total. The van der Waals surface area contributed by atoms with Crippen molar-refractivity contribution in [3.63, 3.8) is 0 Å². The summed E-state index contributed by atoms with van der Waals surface area (Å²) < 4.78 is 0. The minimum atomic E-state index is -0.436. The van der Waals surface area contributed by atoms with Crippen molar-refractivity contribution in [2.75, 3.05) is 0 Å². The standard InChI is InChI=1S/C15H22O3/c1-4-11-15(3,12-5-2)18-17-14(16)13-9-7-6-8-10-13/h6-10H,4-5,11-12H2,1-3H3. The monoisotopic (exact) mass is 250 g/mol. The lowest BCUT2D eigenvalue weighted by atomic mass is 9.95. The van der Waals surface area contributed by atoms with E-state index in [2.05, 4.69) is 13.8 Å². The van der Waals surface area contributed by atoms with Crippen molar-refractivity contribution >= 4 is 5.97 Å². The smallest absolute Gasteiger partial charge is 0.292 e. The van der Waals surface area contributed by atoms with E-state index in [9.17, 15) is 4.79 Å². The van der Waals surface area contributed by atoms with Gasteiger partial charge in [0.25, 0.3) is 0 Å². The number of hydrogen-bond donors (Lipinski definition) is 0. The van der Waals surface area contributed by atoms with Crippen LogP contribution in [0.25, 0.3) is 0 Å². The van der Waals surface area contributed by atoms with Gasteiger partial charge in [-0.3, -0.25) is 4.89 Å². The summed E-state index contributed by atoms with van der Waals surface area (Å²) in [4.78, 5) is 22.1. The SMILES string of the molecule is CCCC(C)(CCC)OOC(=O)c1ccccc1. The zero-order valence-corrected chi connectivity index (χ0v) is 11.4. The molecule has 0 bridgehead atoms. The molecular weight excluding hydrogens is 228 g/mol. The van der Waals surface area contributed by atoms with E-state index in [0.29, 0.717) is 5.56 Å². The van der Waals surface area contributed by atoms with E-state index < -0.39 is 5.97 Å². The molecule has 0 amide bonds. The molecule has 18 heavy (non-hydrogen) atoms. The zero-order valence-electron chi connectivity index (χ0n) is 11.4. The summed E-state index contributed by atoms with van der Waals surface area (Å²) in [7, 11) is 0. The van der Waals surface area contributed by atoms with Crippen molar-refractivity contribution < 1.29 is 14.6 Å². The van der Waals surface area contributed by atoms with Crippen LogP contribution in [0, 0.1) is 0 Å². The van der Waals surface area contributed by atoms with E-state index in [1.807, 2.05) is 13.0 Å². The van der Waals surface area contributed by atoms with Crippen LogP contribution < -0.4 is 0 Å². The van der Waals surface area contributed by atoms with E-state index in [1.54, 1.807) is 24.3 Å². The predicted molar refractivity (Wildman–Crippen MR) is 71.2 cm³/mol. The van der Waals surface area contributed by atoms with E-state index in [4.69, 9.17) is 9.78 Å². The van der Waals surface area contributed by atoms with E-state index in [1.165, 1.54) is 0 Å². The number of carbonyl (C=O) groups is 1. The van der Waals surface area contributed by atoms with Crippen molar-refractivity contribution in [3.8, 4) is 0 Å². The minimum absolute atomic E-state index is 0.381. The van der Waals surface area contributed by atoms with Gasteiger partial charge in [-0.25, -0.2) is 4.79 Å². The van der Waals surface area contributed by atoms with Gasteiger partial charge in [-0.1, -0.05) is 44.9 Å². The molecule has 3 heteroatoms. The normalized spacial score (nSPS) is 11.3. The van der Waals surface area contributed by atoms with Gasteiger partial charge < -0.3 is 0 Å². The molecule has 0 fully saturated rings. The Morgan fingerprint density at radius 2 is 1.67 bits per heavy atom. The first-order chi connectivity index (χ1) is 8.61. The van der Waals surface area contributed by atoms with E-state index >= 15 is 0 Å². The predicted octanol–water partition coefficient (Wildman–Crippen LogP) is 4.13. The second-order valence-corrected chi connectivity index (χ2v) is 4.77. The maximum atomic E-state index is 11.8.